The molecule has 0 bridgehead atoms. The van der Waals surface area contributed by atoms with Crippen molar-refractivity contribution in [1.29, 1.82) is 0 Å². The van der Waals surface area contributed by atoms with E-state index in [0.717, 1.165) is 43.1 Å². The van der Waals surface area contributed by atoms with Crippen molar-refractivity contribution in [2.24, 2.45) is 0 Å². The van der Waals surface area contributed by atoms with E-state index in [1.54, 1.807) is 0 Å². The second-order valence-corrected chi connectivity index (χ2v) is 6.22. The summed E-state index contributed by atoms with van der Waals surface area (Å²) in [7, 11) is 0. The lowest BCUT2D eigenvalue weighted by atomic mass is 10.1. The summed E-state index contributed by atoms with van der Waals surface area (Å²) in [6, 6.07) is 10.6. The Bertz CT molecular complexity index is 873. The molecule has 1 aliphatic heterocycles. The minimum Gasteiger partial charge on any atom is -0.465 e. The molecular weight excluding hydrogens is 340 g/mol. The van der Waals surface area contributed by atoms with Crippen molar-refractivity contribution in [1.82, 2.24) is 15.0 Å². The molecule has 2 aromatic heterocycles. The van der Waals surface area contributed by atoms with Crippen molar-refractivity contribution in [3.05, 3.63) is 35.4 Å². The Balaban J connectivity index is 1.65. The molecule has 3 aromatic rings. The number of anilines is 1. The molecule has 6 nitrogen and oxygen atoms in total. The fraction of sp³-hybridized carbons (Fsp3) is 0.333. The summed E-state index contributed by atoms with van der Waals surface area (Å²) in [5, 5.41) is 0.582. The lowest BCUT2D eigenvalue weighted by Gasteiger charge is -2.28. The highest BCUT2D eigenvalue weighted by atomic mass is 35.5. The number of hydrogen-bond acceptors (Lipinski definition) is 5. The highest BCUT2D eigenvalue weighted by Crippen LogP contribution is 2.30. The SMILES string of the molecule is CCOc1nc2nc(-c3ccc(N4CCOCC4)cc3)c(Cl)cc2[nH]1. The van der Waals surface area contributed by atoms with Crippen LogP contribution < -0.4 is 9.64 Å². The molecular formula is C18H19ClN4O2. The first-order valence-electron chi connectivity index (χ1n) is 8.37. The summed E-state index contributed by atoms with van der Waals surface area (Å²) in [6.07, 6.45) is 0. The van der Waals surface area contributed by atoms with Gasteiger partial charge in [0.1, 0.15) is 0 Å². The van der Waals surface area contributed by atoms with Crippen LogP contribution in [0.5, 0.6) is 6.01 Å². The maximum absolute atomic E-state index is 6.43. The Kier molecular flexibility index (Phi) is 4.46. The lowest BCUT2D eigenvalue weighted by Crippen LogP contribution is -2.36. The van der Waals surface area contributed by atoms with Crippen LogP contribution in [0, 0.1) is 0 Å². The van der Waals surface area contributed by atoms with Crippen LogP contribution in [-0.2, 0) is 4.74 Å². The molecule has 0 spiro atoms. The van der Waals surface area contributed by atoms with Gasteiger partial charge in [0.05, 0.1) is 36.1 Å². The van der Waals surface area contributed by atoms with Crippen molar-refractivity contribution < 1.29 is 9.47 Å². The van der Waals surface area contributed by atoms with Gasteiger partial charge in [0.15, 0.2) is 5.65 Å². The molecule has 1 N–H and O–H groups in total. The highest BCUT2D eigenvalue weighted by Gasteiger charge is 2.14. The molecule has 1 aromatic carbocycles. The van der Waals surface area contributed by atoms with E-state index in [-0.39, 0.29) is 0 Å². The molecule has 0 unspecified atom stereocenters. The molecule has 1 aliphatic rings. The predicted octanol–water partition coefficient (Wildman–Crippen LogP) is 3.51. The first-order chi connectivity index (χ1) is 12.2. The Labute approximate surface area is 150 Å². The summed E-state index contributed by atoms with van der Waals surface area (Å²) < 4.78 is 10.8. The fourth-order valence-electron chi connectivity index (χ4n) is 2.95. The number of H-pyrrole nitrogens is 1. The number of nitrogens with zero attached hydrogens (tertiary/aromatic N) is 3. The smallest absolute Gasteiger partial charge is 0.296 e. The first-order valence-corrected chi connectivity index (χ1v) is 8.74. The van der Waals surface area contributed by atoms with E-state index in [4.69, 9.17) is 21.1 Å². The van der Waals surface area contributed by atoms with Crippen LogP contribution in [-0.4, -0.2) is 47.9 Å². The minimum atomic E-state index is 0.459. The molecule has 130 valence electrons. The van der Waals surface area contributed by atoms with Gasteiger partial charge in [0, 0.05) is 24.3 Å². The molecule has 4 rings (SSSR count). The quantitative estimate of drug-likeness (QED) is 0.773. The highest BCUT2D eigenvalue weighted by molar-refractivity contribution is 6.33. The zero-order chi connectivity index (χ0) is 17.2. The van der Waals surface area contributed by atoms with E-state index in [1.165, 1.54) is 5.69 Å². The molecule has 0 aliphatic carbocycles. The molecule has 3 heterocycles. The van der Waals surface area contributed by atoms with Crippen molar-refractivity contribution in [2.75, 3.05) is 37.8 Å². The summed E-state index contributed by atoms with van der Waals surface area (Å²) in [5.74, 6) is 0. The number of aromatic amines is 1. The number of nitrogens with one attached hydrogen (secondary N) is 1. The first kappa shape index (κ1) is 16.2. The number of ether oxygens (including phenoxy) is 2. The summed E-state index contributed by atoms with van der Waals surface area (Å²) in [4.78, 5) is 14.3. The standard InChI is InChI=1S/C18H19ClN4O2/c1-2-25-18-20-15-11-14(19)16(21-17(15)22-18)12-3-5-13(6-4-12)23-7-9-24-10-8-23/h3-6,11H,2,7-10H2,1H3,(H,20,21,22). The van der Waals surface area contributed by atoms with E-state index in [0.29, 0.717) is 23.3 Å². The van der Waals surface area contributed by atoms with Gasteiger partial charge in [-0.05, 0) is 25.1 Å². The number of pyridine rings is 1. The number of rotatable bonds is 4. The molecule has 25 heavy (non-hydrogen) atoms. The third kappa shape index (κ3) is 3.27. The van der Waals surface area contributed by atoms with Gasteiger partial charge in [0.2, 0.25) is 0 Å². The second-order valence-electron chi connectivity index (χ2n) is 5.81. The number of morpholine rings is 1. The van der Waals surface area contributed by atoms with Crippen LogP contribution in [0.3, 0.4) is 0 Å². The summed E-state index contributed by atoms with van der Waals surface area (Å²) >= 11 is 6.43. The van der Waals surface area contributed by atoms with E-state index in [1.807, 2.05) is 25.1 Å². The lowest BCUT2D eigenvalue weighted by molar-refractivity contribution is 0.122. The Hall–Kier alpha value is -2.31. The zero-order valence-corrected chi connectivity index (χ0v) is 14.7. The van der Waals surface area contributed by atoms with Gasteiger partial charge in [-0.25, -0.2) is 4.98 Å². The number of hydrogen-bond donors (Lipinski definition) is 1. The van der Waals surface area contributed by atoms with Crippen molar-refractivity contribution in [2.45, 2.75) is 6.92 Å². The largest absolute Gasteiger partial charge is 0.465 e. The monoisotopic (exact) mass is 358 g/mol. The van der Waals surface area contributed by atoms with Crippen LogP contribution in [0.4, 0.5) is 5.69 Å². The van der Waals surface area contributed by atoms with Crippen molar-refractivity contribution in [3.8, 4) is 17.3 Å². The molecule has 0 saturated carbocycles. The van der Waals surface area contributed by atoms with Gasteiger partial charge in [-0.3, -0.25) is 0 Å². The maximum atomic E-state index is 6.43. The Morgan fingerprint density at radius 3 is 2.68 bits per heavy atom. The van der Waals surface area contributed by atoms with Crippen molar-refractivity contribution >= 4 is 28.5 Å². The van der Waals surface area contributed by atoms with Gasteiger partial charge < -0.3 is 19.4 Å². The fourth-order valence-corrected chi connectivity index (χ4v) is 3.22. The number of halogens is 1. The Morgan fingerprint density at radius 1 is 1.20 bits per heavy atom. The van der Waals surface area contributed by atoms with E-state index in [9.17, 15) is 0 Å². The predicted molar refractivity (Wildman–Crippen MR) is 98.5 cm³/mol. The molecule has 1 fully saturated rings. The summed E-state index contributed by atoms with van der Waals surface area (Å²) in [6.45, 7) is 5.83. The number of aromatic nitrogens is 3. The van der Waals surface area contributed by atoms with Gasteiger partial charge in [-0.2, -0.15) is 4.98 Å². The number of fused-ring (bicyclic) bond motifs is 1. The van der Waals surface area contributed by atoms with Crippen LogP contribution in [0.15, 0.2) is 30.3 Å². The van der Waals surface area contributed by atoms with E-state index < -0.39 is 0 Å². The average Bonchev–Trinajstić information content (AvgIpc) is 3.03. The topological polar surface area (TPSA) is 63.3 Å². The normalized spacial score (nSPS) is 14.9. The minimum absolute atomic E-state index is 0.459. The number of benzene rings is 1. The molecule has 0 atom stereocenters. The third-order valence-electron chi connectivity index (χ3n) is 4.20. The molecule has 1 saturated heterocycles. The van der Waals surface area contributed by atoms with Gasteiger partial charge in [-0.15, -0.1) is 0 Å². The van der Waals surface area contributed by atoms with Crippen LogP contribution in [0.2, 0.25) is 5.02 Å². The maximum Gasteiger partial charge on any atom is 0.296 e. The van der Waals surface area contributed by atoms with Gasteiger partial charge in [-0.1, -0.05) is 23.7 Å². The summed E-state index contributed by atoms with van der Waals surface area (Å²) in [5.41, 5.74) is 4.23. The molecule has 0 radical (unpaired) electrons. The molecule has 0 amide bonds. The van der Waals surface area contributed by atoms with Crippen LogP contribution >= 0.6 is 11.6 Å². The van der Waals surface area contributed by atoms with Crippen molar-refractivity contribution in [3.63, 3.8) is 0 Å². The Morgan fingerprint density at radius 2 is 1.96 bits per heavy atom. The average molecular weight is 359 g/mol. The van der Waals surface area contributed by atoms with E-state index in [2.05, 4.69) is 32.0 Å². The zero-order valence-electron chi connectivity index (χ0n) is 14.0. The second kappa shape index (κ2) is 6.90. The third-order valence-corrected chi connectivity index (χ3v) is 4.49. The van der Waals surface area contributed by atoms with Crippen LogP contribution in [0.1, 0.15) is 6.92 Å². The van der Waals surface area contributed by atoms with Gasteiger partial charge in [0.25, 0.3) is 6.01 Å². The van der Waals surface area contributed by atoms with Crippen LogP contribution in [0.25, 0.3) is 22.4 Å². The van der Waals surface area contributed by atoms with E-state index >= 15 is 0 Å². The number of imidazole rings is 1. The van der Waals surface area contributed by atoms with Gasteiger partial charge >= 0.3 is 0 Å². The molecule has 7 heteroatoms.